The van der Waals surface area contributed by atoms with Gasteiger partial charge in [-0.05, 0) is 44.5 Å². The first-order valence-corrected chi connectivity index (χ1v) is 8.16. The van der Waals surface area contributed by atoms with Crippen LogP contribution in [0, 0.1) is 6.92 Å². The maximum absolute atomic E-state index is 12.3. The molecule has 0 spiro atoms. The number of amides is 1. The highest BCUT2D eigenvalue weighted by molar-refractivity contribution is 5.91. The summed E-state index contributed by atoms with van der Waals surface area (Å²) >= 11 is 0. The standard InChI is InChI=1S/C18H22N4O2/c1-12-5-7-16(24-2)13(10-12)11-18(23)20-17-8-6-15(21-22-17)14-4-3-9-19-14/h5-8,10,14,19H,3-4,9,11H2,1-2H3,(H,20,22,23). The molecule has 0 radical (unpaired) electrons. The van der Waals surface area contributed by atoms with Crippen molar-refractivity contribution in [3.63, 3.8) is 0 Å². The Kier molecular flexibility index (Phi) is 5.05. The number of carbonyl (C=O) groups is 1. The molecule has 0 saturated carbocycles. The zero-order valence-electron chi connectivity index (χ0n) is 14.0. The molecule has 2 aromatic rings. The number of methoxy groups -OCH3 is 1. The maximum atomic E-state index is 12.3. The van der Waals surface area contributed by atoms with Gasteiger partial charge in [-0.3, -0.25) is 4.79 Å². The van der Waals surface area contributed by atoms with Crippen molar-refractivity contribution in [2.75, 3.05) is 19.0 Å². The van der Waals surface area contributed by atoms with Gasteiger partial charge in [-0.25, -0.2) is 0 Å². The lowest BCUT2D eigenvalue weighted by Gasteiger charge is -2.11. The Bertz CT molecular complexity index is 709. The zero-order chi connectivity index (χ0) is 16.9. The number of benzene rings is 1. The number of hydrogen-bond acceptors (Lipinski definition) is 5. The molecule has 6 nitrogen and oxygen atoms in total. The average molecular weight is 326 g/mol. The predicted octanol–water partition coefficient (Wildman–Crippen LogP) is 2.40. The third-order valence-corrected chi connectivity index (χ3v) is 4.16. The number of nitrogens with zero attached hydrogens (tertiary/aromatic N) is 2. The molecule has 1 amide bonds. The minimum atomic E-state index is -0.139. The molecule has 3 rings (SSSR count). The van der Waals surface area contributed by atoms with Crippen LogP contribution in [0.15, 0.2) is 30.3 Å². The quantitative estimate of drug-likeness (QED) is 0.882. The van der Waals surface area contributed by atoms with E-state index in [4.69, 9.17) is 4.74 Å². The van der Waals surface area contributed by atoms with E-state index in [1.54, 1.807) is 13.2 Å². The summed E-state index contributed by atoms with van der Waals surface area (Å²) in [6.07, 6.45) is 2.47. The van der Waals surface area contributed by atoms with Gasteiger partial charge in [0.2, 0.25) is 5.91 Å². The lowest BCUT2D eigenvalue weighted by atomic mass is 10.1. The minimum Gasteiger partial charge on any atom is -0.496 e. The number of hydrogen-bond donors (Lipinski definition) is 2. The molecular weight excluding hydrogens is 304 g/mol. The summed E-state index contributed by atoms with van der Waals surface area (Å²) in [4.78, 5) is 12.3. The molecule has 0 bridgehead atoms. The third-order valence-electron chi connectivity index (χ3n) is 4.16. The van der Waals surface area contributed by atoms with E-state index in [1.165, 1.54) is 0 Å². The summed E-state index contributed by atoms with van der Waals surface area (Å²) in [6, 6.07) is 9.78. The topological polar surface area (TPSA) is 76.1 Å². The number of aromatic nitrogens is 2. The van der Waals surface area contributed by atoms with Crippen LogP contribution in [0.25, 0.3) is 0 Å². The van der Waals surface area contributed by atoms with Gasteiger partial charge >= 0.3 is 0 Å². The Morgan fingerprint density at radius 3 is 2.88 bits per heavy atom. The van der Waals surface area contributed by atoms with Crippen molar-refractivity contribution >= 4 is 11.7 Å². The average Bonchev–Trinajstić information content (AvgIpc) is 3.10. The number of aryl methyl sites for hydroxylation is 1. The van der Waals surface area contributed by atoms with E-state index >= 15 is 0 Å². The summed E-state index contributed by atoms with van der Waals surface area (Å²) in [5.74, 6) is 1.04. The van der Waals surface area contributed by atoms with Gasteiger partial charge < -0.3 is 15.4 Å². The van der Waals surface area contributed by atoms with Crippen LogP contribution in [0.3, 0.4) is 0 Å². The first-order valence-electron chi connectivity index (χ1n) is 8.16. The van der Waals surface area contributed by atoms with Gasteiger partial charge in [0.25, 0.3) is 0 Å². The van der Waals surface area contributed by atoms with Crippen LogP contribution in [0.4, 0.5) is 5.82 Å². The Morgan fingerprint density at radius 2 is 2.21 bits per heavy atom. The van der Waals surface area contributed by atoms with Gasteiger partial charge in [0.05, 0.1) is 25.3 Å². The van der Waals surface area contributed by atoms with Crippen molar-refractivity contribution in [1.29, 1.82) is 0 Å². The van der Waals surface area contributed by atoms with Crippen LogP contribution in [0.5, 0.6) is 5.75 Å². The van der Waals surface area contributed by atoms with Crippen molar-refractivity contribution in [2.45, 2.75) is 32.2 Å². The van der Waals surface area contributed by atoms with Gasteiger partial charge in [0, 0.05) is 5.56 Å². The van der Waals surface area contributed by atoms with Gasteiger partial charge in [-0.1, -0.05) is 17.7 Å². The summed E-state index contributed by atoms with van der Waals surface area (Å²) in [7, 11) is 1.60. The molecule has 1 aromatic heterocycles. The van der Waals surface area contributed by atoms with E-state index < -0.39 is 0 Å². The highest BCUT2D eigenvalue weighted by atomic mass is 16.5. The normalized spacial score (nSPS) is 16.8. The molecule has 1 saturated heterocycles. The third kappa shape index (κ3) is 3.89. The van der Waals surface area contributed by atoms with Crippen molar-refractivity contribution in [3.05, 3.63) is 47.2 Å². The molecule has 1 atom stereocenters. The Morgan fingerprint density at radius 1 is 1.33 bits per heavy atom. The van der Waals surface area contributed by atoms with E-state index in [2.05, 4.69) is 20.8 Å². The molecule has 2 N–H and O–H groups in total. The molecule has 2 heterocycles. The first kappa shape index (κ1) is 16.4. The SMILES string of the molecule is COc1ccc(C)cc1CC(=O)Nc1ccc(C2CCCN2)nn1. The summed E-state index contributed by atoms with van der Waals surface area (Å²) in [6.45, 7) is 3.01. The molecule has 24 heavy (non-hydrogen) atoms. The second-order valence-electron chi connectivity index (χ2n) is 6.03. The van der Waals surface area contributed by atoms with Crippen molar-refractivity contribution < 1.29 is 9.53 Å². The number of carbonyl (C=O) groups excluding carboxylic acids is 1. The van der Waals surface area contributed by atoms with E-state index in [9.17, 15) is 4.79 Å². The largest absolute Gasteiger partial charge is 0.496 e. The van der Waals surface area contributed by atoms with Crippen molar-refractivity contribution in [3.8, 4) is 5.75 Å². The molecule has 0 aliphatic carbocycles. The van der Waals surface area contributed by atoms with Crippen molar-refractivity contribution in [1.82, 2.24) is 15.5 Å². The number of nitrogens with one attached hydrogen (secondary N) is 2. The zero-order valence-corrected chi connectivity index (χ0v) is 14.0. The van der Waals surface area contributed by atoms with Crippen LogP contribution >= 0.6 is 0 Å². The Hall–Kier alpha value is -2.47. The van der Waals surface area contributed by atoms with Crippen LogP contribution in [-0.4, -0.2) is 29.8 Å². The molecular formula is C18H22N4O2. The molecule has 1 aliphatic heterocycles. The van der Waals surface area contributed by atoms with Crippen LogP contribution < -0.4 is 15.4 Å². The highest BCUT2D eigenvalue weighted by Gasteiger charge is 2.18. The fourth-order valence-electron chi connectivity index (χ4n) is 2.94. The first-order chi connectivity index (χ1) is 11.7. The molecule has 126 valence electrons. The monoisotopic (exact) mass is 326 g/mol. The van der Waals surface area contributed by atoms with E-state index in [1.807, 2.05) is 31.2 Å². The molecule has 1 aliphatic rings. The second-order valence-corrected chi connectivity index (χ2v) is 6.03. The summed E-state index contributed by atoms with van der Waals surface area (Å²) < 4.78 is 5.31. The van der Waals surface area contributed by atoms with Gasteiger partial charge in [0.15, 0.2) is 5.82 Å². The molecule has 1 fully saturated rings. The molecule has 1 unspecified atom stereocenters. The highest BCUT2D eigenvalue weighted by Crippen LogP contribution is 2.22. The summed E-state index contributed by atoms with van der Waals surface area (Å²) in [5.41, 5.74) is 2.87. The number of anilines is 1. The van der Waals surface area contributed by atoms with Crippen LogP contribution in [0.1, 0.15) is 35.7 Å². The van der Waals surface area contributed by atoms with Gasteiger partial charge in [0.1, 0.15) is 5.75 Å². The minimum absolute atomic E-state index is 0.139. The Balaban J connectivity index is 1.63. The van der Waals surface area contributed by atoms with Crippen LogP contribution in [0.2, 0.25) is 0 Å². The van der Waals surface area contributed by atoms with Crippen LogP contribution in [-0.2, 0) is 11.2 Å². The lowest BCUT2D eigenvalue weighted by Crippen LogP contribution is -2.18. The fourth-order valence-corrected chi connectivity index (χ4v) is 2.94. The maximum Gasteiger partial charge on any atom is 0.230 e. The van der Waals surface area contributed by atoms with E-state index in [0.717, 1.165) is 36.2 Å². The lowest BCUT2D eigenvalue weighted by molar-refractivity contribution is -0.115. The smallest absolute Gasteiger partial charge is 0.230 e. The molecule has 6 heteroatoms. The van der Waals surface area contributed by atoms with E-state index in [0.29, 0.717) is 11.6 Å². The summed E-state index contributed by atoms with van der Waals surface area (Å²) in [5, 5.41) is 14.5. The second kappa shape index (κ2) is 7.40. The molecule has 1 aromatic carbocycles. The van der Waals surface area contributed by atoms with Gasteiger partial charge in [-0.15, -0.1) is 5.10 Å². The predicted molar refractivity (Wildman–Crippen MR) is 92.1 cm³/mol. The van der Waals surface area contributed by atoms with Gasteiger partial charge in [-0.2, -0.15) is 5.10 Å². The van der Waals surface area contributed by atoms with E-state index in [-0.39, 0.29) is 18.4 Å². The Labute approximate surface area is 141 Å². The van der Waals surface area contributed by atoms with Crippen molar-refractivity contribution in [2.24, 2.45) is 0 Å². The fraction of sp³-hybridized carbons (Fsp3) is 0.389. The number of ether oxygens (including phenoxy) is 1. The number of rotatable bonds is 5.